The van der Waals surface area contributed by atoms with Crippen LogP contribution in [0, 0.1) is 5.92 Å². The molecular weight excluding hydrogens is 192 g/mol. The van der Waals surface area contributed by atoms with Gasteiger partial charge in [-0.25, -0.2) is 4.79 Å². The van der Waals surface area contributed by atoms with E-state index >= 15 is 0 Å². The molecule has 0 radical (unpaired) electrons. The third-order valence-corrected chi connectivity index (χ3v) is 3.69. The van der Waals surface area contributed by atoms with Gasteiger partial charge in [0, 0.05) is 0 Å². The maximum Gasteiger partial charge on any atom is 0.341 e. The van der Waals surface area contributed by atoms with Crippen LogP contribution in [0.5, 0.6) is 0 Å². The summed E-state index contributed by atoms with van der Waals surface area (Å²) in [5.41, 5.74) is -0.767. The molecule has 1 aliphatic heterocycles. The van der Waals surface area contributed by atoms with Crippen LogP contribution in [0.4, 0.5) is 0 Å². The highest BCUT2D eigenvalue weighted by Crippen LogP contribution is 2.60. The van der Waals surface area contributed by atoms with Crippen molar-refractivity contribution in [3.05, 3.63) is 0 Å². The van der Waals surface area contributed by atoms with Crippen molar-refractivity contribution >= 4 is 5.97 Å². The molecule has 3 heteroatoms. The van der Waals surface area contributed by atoms with Crippen molar-refractivity contribution in [1.29, 1.82) is 0 Å². The summed E-state index contributed by atoms with van der Waals surface area (Å²) in [5, 5.41) is 0. The van der Waals surface area contributed by atoms with E-state index in [1.807, 2.05) is 0 Å². The second-order valence-corrected chi connectivity index (χ2v) is 5.22. The zero-order valence-corrected chi connectivity index (χ0v) is 9.84. The number of carbonyl (C=O) groups excluding carboxylic acids is 1. The van der Waals surface area contributed by atoms with E-state index in [0.29, 0.717) is 5.92 Å². The van der Waals surface area contributed by atoms with Crippen LogP contribution in [0.1, 0.15) is 46.0 Å². The molecule has 1 saturated heterocycles. The van der Waals surface area contributed by atoms with Gasteiger partial charge >= 0.3 is 5.97 Å². The summed E-state index contributed by atoms with van der Waals surface area (Å²) in [7, 11) is 1.45. The molecule has 1 atom stereocenters. The fourth-order valence-electron chi connectivity index (χ4n) is 3.04. The number of rotatable bonds is 3. The number of epoxide rings is 1. The van der Waals surface area contributed by atoms with Crippen LogP contribution in [-0.2, 0) is 14.3 Å². The minimum Gasteiger partial charge on any atom is -0.467 e. The average Bonchev–Trinajstić information content (AvgIpc) is 2.59. The Morgan fingerprint density at radius 2 is 2.00 bits per heavy atom. The maximum atomic E-state index is 11.8. The molecule has 0 aromatic carbocycles. The highest BCUT2D eigenvalue weighted by molar-refractivity contribution is 5.85. The quantitative estimate of drug-likeness (QED) is 0.532. The van der Waals surface area contributed by atoms with Crippen molar-refractivity contribution in [3.8, 4) is 0 Å². The molecule has 1 heterocycles. The third kappa shape index (κ3) is 1.48. The zero-order chi connectivity index (χ0) is 11.1. The Morgan fingerprint density at radius 1 is 1.40 bits per heavy atom. The summed E-state index contributed by atoms with van der Waals surface area (Å²) in [5.74, 6) is 0.294. The number of hydrogen-bond acceptors (Lipinski definition) is 3. The fourth-order valence-corrected chi connectivity index (χ4v) is 3.04. The first-order valence-corrected chi connectivity index (χ1v) is 5.85. The average molecular weight is 212 g/mol. The Hall–Kier alpha value is -0.570. The lowest BCUT2D eigenvalue weighted by atomic mass is 9.84. The number of carbonyl (C=O) groups is 1. The molecule has 86 valence electrons. The van der Waals surface area contributed by atoms with Gasteiger partial charge in [-0.05, 0) is 25.2 Å². The van der Waals surface area contributed by atoms with Crippen molar-refractivity contribution in [1.82, 2.24) is 0 Å². The van der Waals surface area contributed by atoms with Gasteiger partial charge in [0.2, 0.25) is 0 Å². The van der Waals surface area contributed by atoms with Crippen molar-refractivity contribution in [2.75, 3.05) is 7.11 Å². The molecule has 3 nitrogen and oxygen atoms in total. The molecule has 15 heavy (non-hydrogen) atoms. The second kappa shape index (κ2) is 3.48. The molecule has 0 bridgehead atoms. The van der Waals surface area contributed by atoms with Gasteiger partial charge in [-0.3, -0.25) is 0 Å². The first-order valence-electron chi connectivity index (χ1n) is 5.85. The molecule has 1 spiro atoms. The first kappa shape index (κ1) is 10.9. The van der Waals surface area contributed by atoms with Crippen LogP contribution >= 0.6 is 0 Å². The molecular formula is C12H20O3. The van der Waals surface area contributed by atoms with Gasteiger partial charge in [-0.2, -0.15) is 0 Å². The molecule has 2 rings (SSSR count). The van der Waals surface area contributed by atoms with E-state index < -0.39 is 5.60 Å². The number of methoxy groups -OCH3 is 1. The van der Waals surface area contributed by atoms with Crippen molar-refractivity contribution in [3.63, 3.8) is 0 Å². The standard InChI is InChI=1S/C12H20O3/c1-9(2)8-12(10(13)14-3)11(15-12)6-4-5-7-11/h9H,4-8H2,1-3H3. The normalized spacial score (nSPS) is 32.3. The summed E-state index contributed by atoms with van der Waals surface area (Å²) in [6.45, 7) is 4.24. The summed E-state index contributed by atoms with van der Waals surface area (Å²) in [6.07, 6.45) is 5.19. The lowest BCUT2D eigenvalue weighted by Crippen LogP contribution is -2.35. The number of esters is 1. The van der Waals surface area contributed by atoms with Crippen LogP contribution in [0.15, 0.2) is 0 Å². The van der Waals surface area contributed by atoms with E-state index in [-0.39, 0.29) is 11.6 Å². The van der Waals surface area contributed by atoms with E-state index in [1.54, 1.807) is 0 Å². The molecule has 1 unspecified atom stereocenters. The van der Waals surface area contributed by atoms with Gasteiger partial charge in [0.1, 0.15) is 5.60 Å². The SMILES string of the molecule is COC(=O)C1(CC(C)C)OC12CCCC2. The second-order valence-electron chi connectivity index (χ2n) is 5.22. The minimum atomic E-state index is -0.605. The Balaban J connectivity index is 2.16. The Labute approximate surface area is 91.1 Å². The summed E-state index contributed by atoms with van der Waals surface area (Å²) in [4.78, 5) is 11.8. The Bertz CT molecular complexity index is 266. The van der Waals surface area contributed by atoms with Gasteiger partial charge in [-0.1, -0.05) is 26.7 Å². The summed E-state index contributed by atoms with van der Waals surface area (Å²) < 4.78 is 10.7. The topological polar surface area (TPSA) is 38.8 Å². The van der Waals surface area contributed by atoms with Crippen molar-refractivity contribution in [2.24, 2.45) is 5.92 Å². The van der Waals surface area contributed by atoms with Gasteiger partial charge < -0.3 is 9.47 Å². The van der Waals surface area contributed by atoms with E-state index in [4.69, 9.17) is 9.47 Å². The van der Waals surface area contributed by atoms with Gasteiger partial charge in [-0.15, -0.1) is 0 Å². The lowest BCUT2D eigenvalue weighted by molar-refractivity contribution is -0.147. The van der Waals surface area contributed by atoms with Crippen LogP contribution in [0.25, 0.3) is 0 Å². The van der Waals surface area contributed by atoms with Gasteiger partial charge in [0.15, 0.2) is 5.60 Å². The number of ether oxygens (including phenoxy) is 2. The van der Waals surface area contributed by atoms with Crippen LogP contribution < -0.4 is 0 Å². The largest absolute Gasteiger partial charge is 0.467 e. The smallest absolute Gasteiger partial charge is 0.341 e. The molecule has 0 amide bonds. The highest BCUT2D eigenvalue weighted by atomic mass is 16.7. The molecule has 2 fully saturated rings. The molecule has 2 aliphatic rings. The van der Waals surface area contributed by atoms with Crippen molar-refractivity contribution in [2.45, 2.75) is 57.2 Å². The van der Waals surface area contributed by atoms with E-state index in [2.05, 4.69) is 13.8 Å². The predicted molar refractivity (Wildman–Crippen MR) is 56.5 cm³/mol. The maximum absolute atomic E-state index is 11.8. The molecule has 1 aliphatic carbocycles. The lowest BCUT2D eigenvalue weighted by Gasteiger charge is -2.16. The molecule has 0 aromatic rings. The zero-order valence-electron chi connectivity index (χ0n) is 9.84. The molecule has 0 N–H and O–H groups in total. The third-order valence-electron chi connectivity index (χ3n) is 3.69. The molecule has 0 aromatic heterocycles. The van der Waals surface area contributed by atoms with Gasteiger partial charge in [0.25, 0.3) is 0 Å². The summed E-state index contributed by atoms with van der Waals surface area (Å²) >= 11 is 0. The van der Waals surface area contributed by atoms with Gasteiger partial charge in [0.05, 0.1) is 7.11 Å². The van der Waals surface area contributed by atoms with E-state index in [0.717, 1.165) is 19.3 Å². The fraction of sp³-hybridized carbons (Fsp3) is 0.917. The van der Waals surface area contributed by atoms with E-state index in [1.165, 1.54) is 20.0 Å². The first-order chi connectivity index (χ1) is 7.06. The number of hydrogen-bond donors (Lipinski definition) is 0. The minimum absolute atomic E-state index is 0.162. The van der Waals surface area contributed by atoms with Crippen LogP contribution in [0.2, 0.25) is 0 Å². The Morgan fingerprint density at radius 3 is 2.47 bits per heavy atom. The van der Waals surface area contributed by atoms with Crippen LogP contribution in [-0.4, -0.2) is 24.3 Å². The van der Waals surface area contributed by atoms with Crippen LogP contribution in [0.3, 0.4) is 0 Å². The monoisotopic (exact) mass is 212 g/mol. The molecule has 1 saturated carbocycles. The Kier molecular flexibility index (Phi) is 2.53. The predicted octanol–water partition coefficient (Wildman–Crippen LogP) is 2.29. The highest BCUT2D eigenvalue weighted by Gasteiger charge is 2.75. The van der Waals surface area contributed by atoms with E-state index in [9.17, 15) is 4.79 Å². The van der Waals surface area contributed by atoms with Crippen molar-refractivity contribution < 1.29 is 14.3 Å². The summed E-state index contributed by atoms with van der Waals surface area (Å²) in [6, 6.07) is 0.